The monoisotopic (exact) mass is 368 g/mol. The van der Waals surface area contributed by atoms with Crippen LogP contribution in [0.3, 0.4) is 0 Å². The van der Waals surface area contributed by atoms with E-state index in [0.717, 1.165) is 23.4 Å². The molecule has 0 fully saturated rings. The van der Waals surface area contributed by atoms with Gasteiger partial charge in [-0.15, -0.1) is 0 Å². The van der Waals surface area contributed by atoms with Crippen LogP contribution in [0, 0.1) is 11.6 Å². The topological polar surface area (TPSA) is 42.8 Å². The van der Waals surface area contributed by atoms with Gasteiger partial charge in [-0.05, 0) is 48.0 Å². The molecule has 0 aliphatic carbocycles. The number of nitrogens with one attached hydrogen (secondary N) is 1. The largest absolute Gasteiger partial charge is 0.496 e. The molecule has 27 heavy (non-hydrogen) atoms. The molecule has 0 atom stereocenters. The summed E-state index contributed by atoms with van der Waals surface area (Å²) >= 11 is 0. The van der Waals surface area contributed by atoms with Crippen molar-refractivity contribution in [2.75, 3.05) is 12.5 Å². The molecule has 0 heterocycles. The van der Waals surface area contributed by atoms with Crippen LogP contribution in [0.15, 0.2) is 71.8 Å². The highest BCUT2D eigenvalue weighted by atomic mass is 19.1. The first-order valence-electron chi connectivity index (χ1n) is 8.24. The fraction of sp³-hybridized carbons (Fsp3) is 0.0952. The summed E-state index contributed by atoms with van der Waals surface area (Å²) < 4.78 is 37.5. The predicted octanol–water partition coefficient (Wildman–Crippen LogP) is 5.00. The number of halogens is 2. The average molecular weight is 368 g/mol. The Morgan fingerprint density at radius 1 is 0.963 bits per heavy atom. The summed E-state index contributed by atoms with van der Waals surface area (Å²) in [6.45, 7) is 0.0690. The maximum absolute atomic E-state index is 13.7. The van der Waals surface area contributed by atoms with E-state index < -0.39 is 11.6 Å². The molecule has 0 amide bonds. The molecule has 0 bridgehead atoms. The van der Waals surface area contributed by atoms with Crippen LogP contribution in [0.4, 0.5) is 14.5 Å². The van der Waals surface area contributed by atoms with E-state index in [-0.39, 0.29) is 12.4 Å². The normalized spacial score (nSPS) is 10.8. The number of hydrogen-bond donors (Lipinski definition) is 1. The maximum Gasteiger partial charge on any atom is 0.167 e. The Hall–Kier alpha value is -3.41. The Morgan fingerprint density at radius 2 is 1.74 bits per heavy atom. The summed E-state index contributed by atoms with van der Waals surface area (Å²) in [6, 6.07) is 18.2. The first-order chi connectivity index (χ1) is 13.2. The summed E-state index contributed by atoms with van der Waals surface area (Å²) in [6.07, 6.45) is 1.66. The van der Waals surface area contributed by atoms with Crippen LogP contribution in [0.1, 0.15) is 11.1 Å². The molecule has 0 aromatic heterocycles. The van der Waals surface area contributed by atoms with Gasteiger partial charge in [-0.3, -0.25) is 5.43 Å². The van der Waals surface area contributed by atoms with Crippen molar-refractivity contribution in [3.8, 4) is 11.5 Å². The Labute approximate surface area is 156 Å². The van der Waals surface area contributed by atoms with Crippen molar-refractivity contribution in [3.05, 3.63) is 89.5 Å². The molecule has 1 N–H and O–H groups in total. The summed E-state index contributed by atoms with van der Waals surface area (Å²) in [7, 11) is 1.54. The van der Waals surface area contributed by atoms with Crippen molar-refractivity contribution in [3.63, 3.8) is 0 Å². The zero-order chi connectivity index (χ0) is 19.1. The molecule has 3 rings (SSSR count). The average Bonchev–Trinajstić information content (AvgIpc) is 2.68. The molecule has 0 radical (unpaired) electrons. The van der Waals surface area contributed by atoms with Gasteiger partial charge in [0.15, 0.2) is 11.6 Å². The number of anilines is 1. The second kappa shape index (κ2) is 8.80. The lowest BCUT2D eigenvalue weighted by Crippen LogP contribution is -2.01. The molecule has 6 heteroatoms. The zero-order valence-electron chi connectivity index (χ0n) is 14.7. The number of methoxy groups -OCH3 is 1. The minimum atomic E-state index is -0.751. The van der Waals surface area contributed by atoms with Crippen molar-refractivity contribution in [1.82, 2.24) is 0 Å². The summed E-state index contributed by atoms with van der Waals surface area (Å²) in [4.78, 5) is 0. The number of rotatable bonds is 7. The van der Waals surface area contributed by atoms with Gasteiger partial charge < -0.3 is 9.47 Å². The Balaban J connectivity index is 1.71. The van der Waals surface area contributed by atoms with Gasteiger partial charge in [0.25, 0.3) is 0 Å². The van der Waals surface area contributed by atoms with Gasteiger partial charge in [0.2, 0.25) is 0 Å². The second-order valence-electron chi connectivity index (χ2n) is 5.67. The highest BCUT2D eigenvalue weighted by molar-refractivity contribution is 5.81. The SMILES string of the molecule is COc1ccc(C=NNc2ccccc2)cc1COc1ccc(F)cc1F. The Kier molecular flexibility index (Phi) is 5.99. The third kappa shape index (κ3) is 5.04. The molecular formula is C21H18F2N2O2. The summed E-state index contributed by atoms with van der Waals surface area (Å²) in [5.74, 6) is -0.825. The van der Waals surface area contributed by atoms with E-state index in [1.807, 2.05) is 42.5 Å². The maximum atomic E-state index is 13.7. The summed E-state index contributed by atoms with van der Waals surface area (Å²) in [5, 5.41) is 4.19. The Bertz CT molecular complexity index is 931. The van der Waals surface area contributed by atoms with Crippen LogP contribution >= 0.6 is 0 Å². The minimum Gasteiger partial charge on any atom is -0.496 e. The van der Waals surface area contributed by atoms with E-state index in [1.165, 1.54) is 6.07 Å². The molecule has 0 unspecified atom stereocenters. The number of benzene rings is 3. The Morgan fingerprint density at radius 3 is 2.48 bits per heavy atom. The van der Waals surface area contributed by atoms with Crippen molar-refractivity contribution in [1.29, 1.82) is 0 Å². The van der Waals surface area contributed by atoms with E-state index in [9.17, 15) is 8.78 Å². The molecule has 0 aliphatic heterocycles. The van der Waals surface area contributed by atoms with Crippen molar-refractivity contribution in [2.45, 2.75) is 6.61 Å². The van der Waals surface area contributed by atoms with Gasteiger partial charge in [-0.1, -0.05) is 18.2 Å². The van der Waals surface area contributed by atoms with Gasteiger partial charge in [0.1, 0.15) is 18.2 Å². The number of hydrogen-bond acceptors (Lipinski definition) is 4. The lowest BCUT2D eigenvalue weighted by Gasteiger charge is -2.11. The van der Waals surface area contributed by atoms with Crippen molar-refractivity contribution in [2.24, 2.45) is 5.10 Å². The molecule has 3 aromatic carbocycles. The fourth-order valence-electron chi connectivity index (χ4n) is 2.43. The fourth-order valence-corrected chi connectivity index (χ4v) is 2.43. The molecule has 138 valence electrons. The van der Waals surface area contributed by atoms with E-state index in [0.29, 0.717) is 11.3 Å². The standard InChI is InChI=1S/C21H18F2N2O2/c1-26-20-9-7-15(13-24-25-18-5-3-2-4-6-18)11-16(20)14-27-21-10-8-17(22)12-19(21)23/h2-13,25H,14H2,1H3. The smallest absolute Gasteiger partial charge is 0.167 e. The molecule has 4 nitrogen and oxygen atoms in total. The first-order valence-corrected chi connectivity index (χ1v) is 8.24. The van der Waals surface area contributed by atoms with E-state index in [1.54, 1.807) is 19.4 Å². The van der Waals surface area contributed by atoms with Gasteiger partial charge in [-0.25, -0.2) is 8.78 Å². The molecule has 0 aliphatic rings. The molecule has 0 saturated heterocycles. The van der Waals surface area contributed by atoms with Crippen LogP contribution in [-0.4, -0.2) is 13.3 Å². The van der Waals surface area contributed by atoms with E-state index >= 15 is 0 Å². The summed E-state index contributed by atoms with van der Waals surface area (Å²) in [5.41, 5.74) is 5.34. The highest BCUT2D eigenvalue weighted by Gasteiger charge is 2.09. The number of ether oxygens (including phenoxy) is 2. The number of nitrogens with zero attached hydrogens (tertiary/aromatic N) is 1. The van der Waals surface area contributed by atoms with Crippen LogP contribution in [0.2, 0.25) is 0 Å². The second-order valence-corrected chi connectivity index (χ2v) is 5.67. The quantitative estimate of drug-likeness (QED) is 0.471. The molecular weight excluding hydrogens is 350 g/mol. The van der Waals surface area contributed by atoms with E-state index in [2.05, 4.69) is 10.5 Å². The first kappa shape index (κ1) is 18.4. The van der Waals surface area contributed by atoms with Crippen molar-refractivity contribution >= 4 is 11.9 Å². The lowest BCUT2D eigenvalue weighted by molar-refractivity contribution is 0.282. The number of para-hydroxylation sites is 1. The molecule has 3 aromatic rings. The molecule has 0 spiro atoms. The number of hydrazone groups is 1. The lowest BCUT2D eigenvalue weighted by atomic mass is 10.1. The van der Waals surface area contributed by atoms with Crippen LogP contribution in [0.5, 0.6) is 11.5 Å². The molecule has 0 saturated carbocycles. The van der Waals surface area contributed by atoms with Gasteiger partial charge in [0.05, 0.1) is 19.0 Å². The van der Waals surface area contributed by atoms with Crippen LogP contribution in [-0.2, 0) is 6.61 Å². The van der Waals surface area contributed by atoms with Gasteiger partial charge in [0, 0.05) is 11.6 Å². The highest BCUT2D eigenvalue weighted by Crippen LogP contribution is 2.24. The van der Waals surface area contributed by atoms with E-state index in [4.69, 9.17) is 9.47 Å². The van der Waals surface area contributed by atoms with Crippen molar-refractivity contribution < 1.29 is 18.3 Å². The van der Waals surface area contributed by atoms with Crippen LogP contribution < -0.4 is 14.9 Å². The third-order valence-corrected chi connectivity index (χ3v) is 3.76. The third-order valence-electron chi connectivity index (χ3n) is 3.76. The zero-order valence-corrected chi connectivity index (χ0v) is 14.7. The van der Waals surface area contributed by atoms with Gasteiger partial charge >= 0.3 is 0 Å². The minimum absolute atomic E-state index is 0.0248. The predicted molar refractivity (Wildman–Crippen MR) is 101 cm³/mol. The van der Waals surface area contributed by atoms with Gasteiger partial charge in [-0.2, -0.15) is 5.10 Å². The van der Waals surface area contributed by atoms with Crippen LogP contribution in [0.25, 0.3) is 0 Å².